The van der Waals surface area contributed by atoms with Gasteiger partial charge in [-0.25, -0.2) is 13.8 Å². The van der Waals surface area contributed by atoms with E-state index in [0.717, 1.165) is 0 Å². The van der Waals surface area contributed by atoms with Crippen molar-refractivity contribution in [3.63, 3.8) is 0 Å². The number of carbonyl (C=O) groups excluding carboxylic acids is 1. The van der Waals surface area contributed by atoms with Crippen molar-refractivity contribution in [2.45, 2.75) is 38.0 Å². The molecule has 1 heterocycles. The van der Waals surface area contributed by atoms with E-state index in [0.29, 0.717) is 18.7 Å². The second-order valence-corrected chi connectivity index (χ2v) is 4.73. The molecule has 0 unspecified atom stereocenters. The van der Waals surface area contributed by atoms with Crippen molar-refractivity contribution in [1.82, 2.24) is 9.55 Å². The minimum absolute atomic E-state index is 0.0369. The SMILES string of the molecule is Cn1ccnc1CC(=O)C1CCC(F)(F)CC1. The maximum absolute atomic E-state index is 13.0. The summed E-state index contributed by atoms with van der Waals surface area (Å²) in [6.07, 6.45) is 3.94. The van der Waals surface area contributed by atoms with Crippen LogP contribution in [0.25, 0.3) is 0 Å². The molecule has 1 aromatic heterocycles. The average molecular weight is 242 g/mol. The second-order valence-electron chi connectivity index (χ2n) is 4.73. The number of imidazole rings is 1. The lowest BCUT2D eigenvalue weighted by molar-refractivity contribution is -0.126. The molecule has 0 saturated heterocycles. The zero-order valence-corrected chi connectivity index (χ0v) is 9.83. The molecule has 0 aliphatic heterocycles. The second kappa shape index (κ2) is 4.55. The van der Waals surface area contributed by atoms with E-state index >= 15 is 0 Å². The van der Waals surface area contributed by atoms with Crippen LogP contribution in [0.1, 0.15) is 31.5 Å². The fourth-order valence-electron chi connectivity index (χ4n) is 2.23. The van der Waals surface area contributed by atoms with Gasteiger partial charge in [0.1, 0.15) is 11.6 Å². The number of ketones is 1. The van der Waals surface area contributed by atoms with Gasteiger partial charge in [0.2, 0.25) is 5.92 Å². The Bertz CT molecular complexity index is 404. The highest BCUT2D eigenvalue weighted by Crippen LogP contribution is 2.36. The number of aryl methyl sites for hydroxylation is 1. The predicted molar refractivity (Wildman–Crippen MR) is 58.8 cm³/mol. The summed E-state index contributed by atoms with van der Waals surface area (Å²) in [7, 11) is 1.82. The Morgan fingerprint density at radius 1 is 1.53 bits per heavy atom. The molecule has 1 aromatic rings. The van der Waals surface area contributed by atoms with E-state index < -0.39 is 5.92 Å². The Hall–Kier alpha value is -1.26. The van der Waals surface area contributed by atoms with Gasteiger partial charge in [-0.3, -0.25) is 4.79 Å². The summed E-state index contributed by atoms with van der Waals surface area (Å²) in [5.41, 5.74) is 0. The highest BCUT2D eigenvalue weighted by molar-refractivity contribution is 5.82. The molecule has 0 spiro atoms. The van der Waals surface area contributed by atoms with Crippen molar-refractivity contribution >= 4 is 5.78 Å². The molecule has 2 rings (SSSR count). The fourth-order valence-corrected chi connectivity index (χ4v) is 2.23. The van der Waals surface area contributed by atoms with Crippen LogP contribution in [0.4, 0.5) is 8.78 Å². The molecule has 0 amide bonds. The summed E-state index contributed by atoms with van der Waals surface area (Å²) in [4.78, 5) is 16.0. The number of nitrogens with zero attached hydrogens (tertiary/aromatic N) is 2. The molecular weight excluding hydrogens is 226 g/mol. The molecular formula is C12H16F2N2O. The van der Waals surface area contributed by atoms with Crippen molar-refractivity contribution in [3.05, 3.63) is 18.2 Å². The Morgan fingerprint density at radius 2 is 2.18 bits per heavy atom. The van der Waals surface area contributed by atoms with Crippen LogP contribution in [-0.4, -0.2) is 21.3 Å². The van der Waals surface area contributed by atoms with Crippen LogP contribution in [0.5, 0.6) is 0 Å². The molecule has 0 atom stereocenters. The summed E-state index contributed by atoms with van der Waals surface area (Å²) in [5, 5.41) is 0. The van der Waals surface area contributed by atoms with Gasteiger partial charge < -0.3 is 4.57 Å². The number of halogens is 2. The first kappa shape index (κ1) is 12.2. The van der Waals surface area contributed by atoms with Gasteiger partial charge in [0.25, 0.3) is 0 Å². The third-order valence-electron chi connectivity index (χ3n) is 3.43. The van der Waals surface area contributed by atoms with Gasteiger partial charge in [-0.05, 0) is 12.8 Å². The smallest absolute Gasteiger partial charge is 0.248 e. The number of rotatable bonds is 3. The van der Waals surface area contributed by atoms with Crippen molar-refractivity contribution < 1.29 is 13.6 Å². The number of alkyl halides is 2. The van der Waals surface area contributed by atoms with Crippen LogP contribution in [0, 0.1) is 5.92 Å². The number of hydrogen-bond acceptors (Lipinski definition) is 2. The van der Waals surface area contributed by atoms with Crippen LogP contribution >= 0.6 is 0 Å². The molecule has 17 heavy (non-hydrogen) atoms. The van der Waals surface area contributed by atoms with E-state index in [1.807, 2.05) is 7.05 Å². The minimum Gasteiger partial charge on any atom is -0.338 e. The highest BCUT2D eigenvalue weighted by atomic mass is 19.3. The molecule has 1 fully saturated rings. The quantitative estimate of drug-likeness (QED) is 0.815. The molecule has 0 bridgehead atoms. The van der Waals surface area contributed by atoms with Crippen LogP contribution in [-0.2, 0) is 18.3 Å². The van der Waals surface area contributed by atoms with Crippen molar-refractivity contribution in [3.8, 4) is 0 Å². The minimum atomic E-state index is -2.57. The van der Waals surface area contributed by atoms with Crippen molar-refractivity contribution in [2.24, 2.45) is 13.0 Å². The number of hydrogen-bond donors (Lipinski definition) is 0. The molecule has 1 aliphatic rings. The largest absolute Gasteiger partial charge is 0.338 e. The van der Waals surface area contributed by atoms with Crippen LogP contribution < -0.4 is 0 Å². The van der Waals surface area contributed by atoms with Crippen molar-refractivity contribution in [1.29, 1.82) is 0 Å². The monoisotopic (exact) mass is 242 g/mol. The normalized spacial score (nSPS) is 20.4. The average Bonchev–Trinajstić information content (AvgIpc) is 2.64. The van der Waals surface area contributed by atoms with Gasteiger partial charge >= 0.3 is 0 Å². The van der Waals surface area contributed by atoms with Crippen LogP contribution in [0.2, 0.25) is 0 Å². The van der Waals surface area contributed by atoms with E-state index in [-0.39, 0.29) is 31.0 Å². The molecule has 5 heteroatoms. The topological polar surface area (TPSA) is 34.9 Å². The van der Waals surface area contributed by atoms with Gasteiger partial charge in [-0.15, -0.1) is 0 Å². The van der Waals surface area contributed by atoms with E-state index in [4.69, 9.17) is 0 Å². The molecule has 0 radical (unpaired) electrons. The maximum Gasteiger partial charge on any atom is 0.248 e. The molecule has 0 aromatic carbocycles. The zero-order valence-electron chi connectivity index (χ0n) is 9.83. The standard InChI is InChI=1S/C12H16F2N2O/c1-16-7-6-15-11(16)8-10(17)9-2-4-12(13,14)5-3-9/h6-7,9H,2-5,8H2,1H3. The van der Waals surface area contributed by atoms with Gasteiger partial charge in [-0.1, -0.05) is 0 Å². The summed E-state index contributed by atoms with van der Waals surface area (Å²) in [6.45, 7) is 0. The number of carbonyl (C=O) groups is 1. The lowest BCUT2D eigenvalue weighted by Crippen LogP contribution is -2.29. The maximum atomic E-state index is 13.0. The molecule has 1 saturated carbocycles. The Kier molecular flexibility index (Phi) is 3.26. The van der Waals surface area contributed by atoms with Crippen molar-refractivity contribution in [2.75, 3.05) is 0 Å². The predicted octanol–water partition coefficient (Wildman–Crippen LogP) is 2.36. The highest BCUT2D eigenvalue weighted by Gasteiger charge is 2.37. The third kappa shape index (κ3) is 2.90. The number of aromatic nitrogens is 2. The third-order valence-corrected chi connectivity index (χ3v) is 3.43. The van der Waals surface area contributed by atoms with Gasteiger partial charge in [-0.2, -0.15) is 0 Å². The summed E-state index contributed by atoms with van der Waals surface area (Å²) >= 11 is 0. The zero-order chi connectivity index (χ0) is 12.5. The van der Waals surface area contributed by atoms with E-state index in [2.05, 4.69) is 4.98 Å². The first-order chi connectivity index (χ1) is 7.98. The lowest BCUT2D eigenvalue weighted by Gasteiger charge is -2.27. The van der Waals surface area contributed by atoms with Gasteiger partial charge in [0.15, 0.2) is 0 Å². The van der Waals surface area contributed by atoms with E-state index in [1.165, 1.54) is 0 Å². The van der Waals surface area contributed by atoms with Crippen LogP contribution in [0.3, 0.4) is 0 Å². The summed E-state index contributed by atoms with van der Waals surface area (Å²) < 4.78 is 27.7. The fraction of sp³-hybridized carbons (Fsp3) is 0.667. The Balaban J connectivity index is 1.92. The lowest BCUT2D eigenvalue weighted by atomic mass is 9.83. The summed E-state index contributed by atoms with van der Waals surface area (Å²) in [6, 6.07) is 0. The molecule has 3 nitrogen and oxygen atoms in total. The van der Waals surface area contributed by atoms with Gasteiger partial charge in [0.05, 0.1) is 6.42 Å². The first-order valence-electron chi connectivity index (χ1n) is 5.85. The molecule has 1 aliphatic carbocycles. The van der Waals surface area contributed by atoms with Gasteiger partial charge in [0, 0.05) is 38.2 Å². The number of Topliss-reactive ketones (excluding diaryl/α,β-unsaturated/α-hetero) is 1. The Morgan fingerprint density at radius 3 is 2.71 bits per heavy atom. The first-order valence-corrected chi connectivity index (χ1v) is 5.85. The van der Waals surface area contributed by atoms with E-state index in [1.54, 1.807) is 17.0 Å². The van der Waals surface area contributed by atoms with E-state index in [9.17, 15) is 13.6 Å². The Labute approximate surface area is 98.8 Å². The molecule has 94 valence electrons. The van der Waals surface area contributed by atoms with Crippen LogP contribution in [0.15, 0.2) is 12.4 Å². The summed E-state index contributed by atoms with van der Waals surface area (Å²) in [5.74, 6) is -2.05. The molecule has 0 N–H and O–H groups in total.